The van der Waals surface area contributed by atoms with Gasteiger partial charge in [0.05, 0.1) is 18.8 Å². The summed E-state index contributed by atoms with van der Waals surface area (Å²) in [6, 6.07) is 14.9. The van der Waals surface area contributed by atoms with Crippen LogP contribution < -0.4 is 0 Å². The Kier molecular flexibility index (Phi) is 5.63. The minimum atomic E-state index is -0.270. The highest BCUT2D eigenvalue weighted by atomic mass is 79.9. The lowest BCUT2D eigenvalue weighted by atomic mass is 10.1. The smallest absolute Gasteiger partial charge is 0.150 e. The summed E-state index contributed by atoms with van der Waals surface area (Å²) in [6.07, 6.45) is 0.00994. The van der Waals surface area contributed by atoms with Gasteiger partial charge in [0.15, 0.2) is 5.01 Å². The second-order valence-corrected chi connectivity index (χ2v) is 8.34. The largest absolute Gasteiger partial charge is 0.371 e. The van der Waals surface area contributed by atoms with Crippen LogP contribution in [-0.2, 0) is 4.74 Å². The van der Waals surface area contributed by atoms with Crippen LogP contribution in [0.4, 0.5) is 4.39 Å². The molecule has 27 heavy (non-hydrogen) atoms. The van der Waals surface area contributed by atoms with Gasteiger partial charge in [-0.05, 0) is 30.7 Å². The van der Waals surface area contributed by atoms with Crippen LogP contribution in [0.2, 0.25) is 0 Å². The van der Waals surface area contributed by atoms with E-state index in [1.807, 2.05) is 24.3 Å². The highest BCUT2D eigenvalue weighted by molar-refractivity contribution is 9.10. The van der Waals surface area contributed by atoms with Crippen LogP contribution in [0.25, 0.3) is 10.6 Å². The van der Waals surface area contributed by atoms with E-state index < -0.39 is 0 Å². The molecule has 0 aliphatic carbocycles. The van der Waals surface area contributed by atoms with Crippen LogP contribution in [0.3, 0.4) is 0 Å². The molecule has 0 N–H and O–H groups in total. The first kappa shape index (κ1) is 18.7. The van der Waals surface area contributed by atoms with Gasteiger partial charge in [0.2, 0.25) is 0 Å². The summed E-state index contributed by atoms with van der Waals surface area (Å²) >= 11 is 5.06. The molecule has 3 aromatic rings. The molecule has 1 saturated heterocycles. The average molecular weight is 448 g/mol. The summed E-state index contributed by atoms with van der Waals surface area (Å²) in [6.45, 7) is 4.39. The monoisotopic (exact) mass is 447 g/mol. The summed E-state index contributed by atoms with van der Waals surface area (Å²) in [5.74, 6) is -0.270. The van der Waals surface area contributed by atoms with E-state index in [0.29, 0.717) is 17.2 Å². The quantitative estimate of drug-likeness (QED) is 0.547. The minimum absolute atomic E-state index is 0.00994. The van der Waals surface area contributed by atoms with E-state index in [9.17, 15) is 4.39 Å². The molecule has 7 heteroatoms. The van der Waals surface area contributed by atoms with Crippen LogP contribution in [0.5, 0.6) is 0 Å². The average Bonchev–Trinajstić information content (AvgIpc) is 3.18. The van der Waals surface area contributed by atoms with Crippen molar-refractivity contribution in [2.45, 2.75) is 19.1 Å². The fraction of sp³-hybridized carbons (Fsp3) is 0.300. The fourth-order valence-corrected chi connectivity index (χ4v) is 4.75. The molecular formula is C20H19BrFN3OS. The summed E-state index contributed by atoms with van der Waals surface area (Å²) < 4.78 is 21.1. The number of hydrogen-bond donors (Lipinski definition) is 0. The van der Waals surface area contributed by atoms with Gasteiger partial charge < -0.3 is 4.74 Å². The van der Waals surface area contributed by atoms with Crippen LogP contribution in [0.1, 0.15) is 29.6 Å². The highest BCUT2D eigenvalue weighted by Gasteiger charge is 2.29. The Hall–Kier alpha value is -1.67. The van der Waals surface area contributed by atoms with Gasteiger partial charge in [0.1, 0.15) is 10.8 Å². The van der Waals surface area contributed by atoms with Crippen LogP contribution in [0, 0.1) is 5.82 Å². The molecule has 1 aliphatic rings. The lowest BCUT2D eigenvalue weighted by Crippen LogP contribution is -2.39. The van der Waals surface area contributed by atoms with Gasteiger partial charge in [-0.1, -0.05) is 57.6 Å². The first-order chi connectivity index (χ1) is 13.1. The van der Waals surface area contributed by atoms with Gasteiger partial charge in [-0.15, -0.1) is 10.2 Å². The van der Waals surface area contributed by atoms with Gasteiger partial charge in [-0.25, -0.2) is 4.39 Å². The number of nitrogens with zero attached hydrogens (tertiary/aromatic N) is 3. The first-order valence-corrected chi connectivity index (χ1v) is 10.4. The van der Waals surface area contributed by atoms with Gasteiger partial charge in [-0.3, -0.25) is 4.90 Å². The molecule has 4 rings (SSSR count). The normalized spacial score (nSPS) is 19.1. The molecule has 140 valence electrons. The van der Waals surface area contributed by atoms with Gasteiger partial charge in [0.25, 0.3) is 0 Å². The molecule has 0 unspecified atom stereocenters. The van der Waals surface area contributed by atoms with Crippen molar-refractivity contribution in [3.05, 3.63) is 69.4 Å². The van der Waals surface area contributed by atoms with Crippen LogP contribution in [-0.4, -0.2) is 34.8 Å². The third-order valence-corrected chi connectivity index (χ3v) is 6.65. The SMILES string of the molecule is C[C@H](c1nnc(-c2ccccc2F)s1)N1CCO[C@H](c2ccccc2Br)C1. The van der Waals surface area contributed by atoms with Crippen molar-refractivity contribution >= 4 is 27.3 Å². The van der Waals surface area contributed by atoms with E-state index in [0.717, 1.165) is 28.1 Å². The predicted octanol–water partition coefficient (Wildman–Crippen LogP) is 5.24. The topological polar surface area (TPSA) is 38.2 Å². The van der Waals surface area contributed by atoms with E-state index in [1.54, 1.807) is 12.1 Å². The lowest BCUT2D eigenvalue weighted by Gasteiger charge is -2.36. The number of ether oxygens (including phenoxy) is 1. The second-order valence-electron chi connectivity index (χ2n) is 6.48. The highest BCUT2D eigenvalue weighted by Crippen LogP contribution is 2.34. The Balaban J connectivity index is 1.52. The Labute approximate surface area is 170 Å². The zero-order chi connectivity index (χ0) is 18.8. The fourth-order valence-electron chi connectivity index (χ4n) is 3.25. The summed E-state index contributed by atoms with van der Waals surface area (Å²) in [5, 5.41) is 10.1. The maximum Gasteiger partial charge on any atom is 0.150 e. The summed E-state index contributed by atoms with van der Waals surface area (Å²) in [7, 11) is 0. The number of hydrogen-bond acceptors (Lipinski definition) is 5. The number of halogens is 2. The second kappa shape index (κ2) is 8.14. The van der Waals surface area contributed by atoms with E-state index in [-0.39, 0.29) is 18.0 Å². The molecule has 2 aromatic carbocycles. The molecule has 0 bridgehead atoms. The molecule has 4 nitrogen and oxygen atoms in total. The maximum atomic E-state index is 14.0. The predicted molar refractivity (Wildman–Crippen MR) is 108 cm³/mol. The van der Waals surface area contributed by atoms with Crippen molar-refractivity contribution in [1.29, 1.82) is 0 Å². The van der Waals surface area contributed by atoms with Crippen molar-refractivity contribution in [3.8, 4) is 10.6 Å². The van der Waals surface area contributed by atoms with Gasteiger partial charge in [-0.2, -0.15) is 0 Å². The molecule has 1 aliphatic heterocycles. The van der Waals surface area contributed by atoms with Crippen molar-refractivity contribution < 1.29 is 9.13 Å². The molecule has 0 saturated carbocycles. The summed E-state index contributed by atoms with van der Waals surface area (Å²) in [4.78, 5) is 2.35. The minimum Gasteiger partial charge on any atom is -0.371 e. The van der Waals surface area contributed by atoms with E-state index in [2.05, 4.69) is 44.0 Å². The number of aromatic nitrogens is 2. The Morgan fingerprint density at radius 3 is 2.78 bits per heavy atom. The molecule has 2 atom stereocenters. The molecule has 0 amide bonds. The molecule has 0 spiro atoms. The maximum absolute atomic E-state index is 14.0. The third kappa shape index (κ3) is 3.96. The molecular weight excluding hydrogens is 429 g/mol. The molecule has 1 fully saturated rings. The standard InChI is InChI=1S/C20H19BrFN3OS/c1-13(19-23-24-20(27-19)15-7-3-5-9-17(15)22)25-10-11-26-18(12-25)14-6-2-4-8-16(14)21/h2-9,13,18H,10-12H2,1H3/t13-,18+/m1/s1. The molecule has 0 radical (unpaired) electrons. The van der Waals surface area contributed by atoms with E-state index in [4.69, 9.17) is 4.74 Å². The Morgan fingerprint density at radius 2 is 1.96 bits per heavy atom. The Morgan fingerprint density at radius 1 is 1.19 bits per heavy atom. The zero-order valence-corrected chi connectivity index (χ0v) is 17.2. The molecule has 2 heterocycles. The van der Waals surface area contributed by atoms with E-state index in [1.165, 1.54) is 17.4 Å². The van der Waals surface area contributed by atoms with Crippen molar-refractivity contribution in [2.75, 3.05) is 19.7 Å². The summed E-state index contributed by atoms with van der Waals surface area (Å²) in [5.41, 5.74) is 1.65. The number of benzene rings is 2. The van der Waals surface area contributed by atoms with Gasteiger partial charge in [0, 0.05) is 23.1 Å². The number of rotatable bonds is 4. The first-order valence-electron chi connectivity index (χ1n) is 8.82. The molecule has 1 aromatic heterocycles. The van der Waals surface area contributed by atoms with Crippen LogP contribution >= 0.6 is 27.3 Å². The third-order valence-electron chi connectivity index (χ3n) is 4.80. The van der Waals surface area contributed by atoms with Crippen molar-refractivity contribution in [2.24, 2.45) is 0 Å². The van der Waals surface area contributed by atoms with E-state index >= 15 is 0 Å². The van der Waals surface area contributed by atoms with Crippen molar-refractivity contribution in [3.63, 3.8) is 0 Å². The Bertz CT molecular complexity index is 935. The van der Waals surface area contributed by atoms with Gasteiger partial charge >= 0.3 is 0 Å². The van der Waals surface area contributed by atoms with Crippen molar-refractivity contribution in [1.82, 2.24) is 15.1 Å². The zero-order valence-electron chi connectivity index (χ0n) is 14.8. The number of morpholine rings is 1. The lowest BCUT2D eigenvalue weighted by molar-refractivity contribution is -0.0435. The van der Waals surface area contributed by atoms with Crippen LogP contribution in [0.15, 0.2) is 53.0 Å².